The number of hydrogen-bond donors (Lipinski definition) is 0. The van der Waals surface area contributed by atoms with Crippen LogP contribution >= 0.6 is 0 Å². The van der Waals surface area contributed by atoms with Gasteiger partial charge in [-0.15, -0.1) is 0 Å². The average Bonchev–Trinajstić information content (AvgIpc) is 3.54. The molecule has 0 bridgehead atoms. The number of amides is 1. The lowest BCUT2D eigenvalue weighted by Crippen LogP contribution is -2.39. The molecule has 0 aliphatic carbocycles. The van der Waals surface area contributed by atoms with E-state index in [-0.39, 0.29) is 12.0 Å². The minimum Gasteiger partial charge on any atom is -0.493 e. The van der Waals surface area contributed by atoms with Gasteiger partial charge in [0.05, 0.1) is 12.3 Å². The van der Waals surface area contributed by atoms with Crippen LogP contribution < -0.4 is 9.47 Å². The van der Waals surface area contributed by atoms with Gasteiger partial charge in [0.1, 0.15) is 23.5 Å². The summed E-state index contributed by atoms with van der Waals surface area (Å²) >= 11 is 0. The molecule has 2 heterocycles. The molecule has 38 heavy (non-hydrogen) atoms. The van der Waals surface area contributed by atoms with E-state index in [0.717, 1.165) is 34.6 Å². The zero-order valence-electron chi connectivity index (χ0n) is 21.3. The number of aromatic nitrogens is 1. The number of nitrogens with zero attached hydrogens (tertiary/aromatic N) is 2. The molecule has 4 aromatic rings. The van der Waals surface area contributed by atoms with Gasteiger partial charge in [-0.2, -0.15) is 0 Å². The third-order valence-corrected chi connectivity index (χ3v) is 6.74. The lowest BCUT2D eigenvalue weighted by Gasteiger charge is -2.24. The highest BCUT2D eigenvalue weighted by atomic mass is 16.6. The summed E-state index contributed by atoms with van der Waals surface area (Å²) in [5, 5.41) is 0. The summed E-state index contributed by atoms with van der Waals surface area (Å²) < 4.78 is 17.3. The Labute approximate surface area is 222 Å². The summed E-state index contributed by atoms with van der Waals surface area (Å²) in [6, 6.07) is 26.6. The Morgan fingerprint density at radius 1 is 1.00 bits per heavy atom. The molecule has 7 heteroatoms. The molecule has 194 valence electrons. The summed E-state index contributed by atoms with van der Waals surface area (Å²) in [5.74, 6) is 2.48. The molecular weight excluding hydrogens is 480 g/mol. The standard InChI is InChI=1S/C31H30N2O5/c1-22-29(32-30(37-22)25-8-4-2-5-9-25)16-17-36-27-14-12-23(13-15-27)18-26-19-24(21-34)20-33(26)31(35)38-28-10-6-3-7-11-28/h2-15,21,24,26H,16-20H2,1H3/t24-,26-/m0/s1. The maximum Gasteiger partial charge on any atom is 0.415 e. The van der Waals surface area contributed by atoms with E-state index in [1.807, 2.05) is 79.7 Å². The van der Waals surface area contributed by atoms with Crippen molar-refractivity contribution in [1.82, 2.24) is 9.88 Å². The number of oxazole rings is 1. The van der Waals surface area contributed by atoms with Crippen molar-refractivity contribution in [3.05, 3.63) is 102 Å². The van der Waals surface area contributed by atoms with Crippen LogP contribution in [0, 0.1) is 12.8 Å². The van der Waals surface area contributed by atoms with Crippen molar-refractivity contribution in [2.75, 3.05) is 13.2 Å². The van der Waals surface area contributed by atoms with Gasteiger partial charge in [-0.25, -0.2) is 9.78 Å². The van der Waals surface area contributed by atoms with Crippen molar-refractivity contribution in [3.63, 3.8) is 0 Å². The fraction of sp³-hybridized carbons (Fsp3) is 0.258. The largest absolute Gasteiger partial charge is 0.493 e. The number of likely N-dealkylation sites (tertiary alicyclic amines) is 1. The SMILES string of the molecule is Cc1oc(-c2ccccc2)nc1CCOc1ccc(C[C@H]2C[C@H](C=O)CN2C(=O)Oc2ccccc2)cc1. The molecule has 1 amide bonds. The Hall–Kier alpha value is -4.39. The fourth-order valence-electron chi connectivity index (χ4n) is 4.74. The van der Waals surface area contributed by atoms with Gasteiger partial charge in [0.2, 0.25) is 5.89 Å². The molecule has 1 saturated heterocycles. The maximum atomic E-state index is 12.8. The van der Waals surface area contributed by atoms with Crippen LogP contribution in [0.2, 0.25) is 0 Å². The number of rotatable bonds is 9. The number of carbonyl (C=O) groups is 2. The molecule has 0 saturated carbocycles. The van der Waals surface area contributed by atoms with Crippen LogP contribution in [-0.4, -0.2) is 41.5 Å². The Morgan fingerprint density at radius 2 is 1.71 bits per heavy atom. The molecule has 3 aromatic carbocycles. The van der Waals surface area contributed by atoms with E-state index in [1.54, 1.807) is 17.0 Å². The fourth-order valence-corrected chi connectivity index (χ4v) is 4.74. The third-order valence-electron chi connectivity index (χ3n) is 6.74. The van der Waals surface area contributed by atoms with Gasteiger partial charge >= 0.3 is 6.09 Å². The first-order valence-electron chi connectivity index (χ1n) is 12.8. The topological polar surface area (TPSA) is 81.9 Å². The normalized spacial score (nSPS) is 16.8. The van der Waals surface area contributed by atoms with E-state index < -0.39 is 6.09 Å². The predicted octanol–water partition coefficient (Wildman–Crippen LogP) is 5.90. The van der Waals surface area contributed by atoms with Gasteiger partial charge in [0, 0.05) is 30.5 Å². The molecular formula is C31H30N2O5. The van der Waals surface area contributed by atoms with Gasteiger partial charge in [-0.05, 0) is 61.7 Å². The molecule has 0 unspecified atom stereocenters. The van der Waals surface area contributed by atoms with Crippen LogP contribution in [0.25, 0.3) is 11.5 Å². The zero-order valence-corrected chi connectivity index (χ0v) is 21.3. The number of para-hydroxylation sites is 1. The highest BCUT2D eigenvalue weighted by Gasteiger charge is 2.36. The van der Waals surface area contributed by atoms with E-state index in [4.69, 9.17) is 13.9 Å². The lowest BCUT2D eigenvalue weighted by molar-refractivity contribution is -0.110. The Morgan fingerprint density at radius 3 is 2.42 bits per heavy atom. The van der Waals surface area contributed by atoms with Crippen LogP contribution in [0.3, 0.4) is 0 Å². The van der Waals surface area contributed by atoms with Crippen molar-refractivity contribution in [2.24, 2.45) is 5.92 Å². The quantitative estimate of drug-likeness (QED) is 0.261. The van der Waals surface area contributed by atoms with Crippen LogP contribution in [0.4, 0.5) is 4.79 Å². The summed E-state index contributed by atoms with van der Waals surface area (Å²) in [4.78, 5) is 30.6. The van der Waals surface area contributed by atoms with Crippen LogP contribution in [0.15, 0.2) is 89.3 Å². The highest BCUT2D eigenvalue weighted by molar-refractivity contribution is 5.72. The second-order valence-corrected chi connectivity index (χ2v) is 9.45. The monoisotopic (exact) mass is 510 g/mol. The van der Waals surface area contributed by atoms with E-state index in [2.05, 4.69) is 4.98 Å². The van der Waals surface area contributed by atoms with Gasteiger partial charge in [0.15, 0.2) is 0 Å². The molecule has 1 aliphatic heterocycles. The van der Waals surface area contributed by atoms with E-state index in [9.17, 15) is 9.59 Å². The summed E-state index contributed by atoms with van der Waals surface area (Å²) in [5.41, 5.74) is 2.90. The minimum absolute atomic E-state index is 0.109. The minimum atomic E-state index is -0.427. The molecule has 1 fully saturated rings. The first kappa shape index (κ1) is 25.3. The molecule has 5 rings (SSSR count). The van der Waals surface area contributed by atoms with Crippen molar-refractivity contribution in [3.8, 4) is 23.0 Å². The molecule has 0 N–H and O–H groups in total. The Balaban J connectivity index is 1.15. The lowest BCUT2D eigenvalue weighted by atomic mass is 10.0. The highest BCUT2D eigenvalue weighted by Crippen LogP contribution is 2.27. The van der Waals surface area contributed by atoms with Crippen molar-refractivity contribution >= 4 is 12.4 Å². The first-order chi connectivity index (χ1) is 18.6. The molecule has 1 aromatic heterocycles. The number of aldehydes is 1. The van der Waals surface area contributed by atoms with Crippen LogP contribution in [0.5, 0.6) is 11.5 Å². The van der Waals surface area contributed by atoms with Gasteiger partial charge in [-0.1, -0.05) is 48.5 Å². The summed E-state index contributed by atoms with van der Waals surface area (Å²) in [6.07, 6.45) is 2.39. The van der Waals surface area contributed by atoms with Gasteiger partial charge < -0.3 is 23.6 Å². The van der Waals surface area contributed by atoms with E-state index >= 15 is 0 Å². The number of benzene rings is 3. The average molecular weight is 511 g/mol. The summed E-state index contributed by atoms with van der Waals surface area (Å²) in [7, 11) is 0. The number of ether oxygens (including phenoxy) is 2. The molecule has 7 nitrogen and oxygen atoms in total. The Kier molecular flexibility index (Phi) is 7.83. The molecule has 1 aliphatic rings. The third kappa shape index (κ3) is 6.11. The maximum absolute atomic E-state index is 12.8. The van der Waals surface area contributed by atoms with Crippen molar-refractivity contribution in [1.29, 1.82) is 0 Å². The molecule has 0 spiro atoms. The number of aryl methyl sites for hydroxylation is 1. The van der Waals surface area contributed by atoms with E-state index in [1.165, 1.54) is 0 Å². The van der Waals surface area contributed by atoms with Crippen molar-refractivity contribution in [2.45, 2.75) is 32.2 Å². The van der Waals surface area contributed by atoms with Crippen LogP contribution in [0.1, 0.15) is 23.4 Å². The second kappa shape index (κ2) is 11.8. The predicted molar refractivity (Wildman–Crippen MR) is 143 cm³/mol. The second-order valence-electron chi connectivity index (χ2n) is 9.45. The van der Waals surface area contributed by atoms with Crippen molar-refractivity contribution < 1.29 is 23.5 Å². The van der Waals surface area contributed by atoms with Crippen LogP contribution in [-0.2, 0) is 17.6 Å². The number of hydrogen-bond acceptors (Lipinski definition) is 6. The van der Waals surface area contributed by atoms with E-state index in [0.29, 0.717) is 44.1 Å². The smallest absolute Gasteiger partial charge is 0.415 e. The molecule has 0 radical (unpaired) electrons. The summed E-state index contributed by atoms with van der Waals surface area (Å²) in [6.45, 7) is 2.76. The molecule has 2 atom stereocenters. The van der Waals surface area contributed by atoms with Gasteiger partial charge in [0.25, 0.3) is 0 Å². The first-order valence-corrected chi connectivity index (χ1v) is 12.8. The number of carbonyl (C=O) groups excluding carboxylic acids is 2. The van der Waals surface area contributed by atoms with Gasteiger partial charge in [-0.3, -0.25) is 0 Å². The zero-order chi connectivity index (χ0) is 26.3. The Bertz CT molecular complexity index is 1350.